The van der Waals surface area contributed by atoms with Crippen LogP contribution in [0.3, 0.4) is 0 Å². The molecular formula is C39H53FN6O8. The first kappa shape index (κ1) is 40.4. The van der Waals surface area contributed by atoms with Gasteiger partial charge in [-0.3, -0.25) is 28.8 Å². The summed E-state index contributed by atoms with van der Waals surface area (Å²) in [5.41, 5.74) is -0.816. The SMILES string of the molecule is CCCC/C=C/C(=O)N[C@@H](Cc1cccc(F)c1)C(=O)N[C@H]1COC(=O)[C@@H]2CCCN2C(=O)[C@H](C)NC(=O)C2(CCCC2)N(C)C(=O)[C@@H]2CCCN2C1=O. The highest BCUT2D eigenvalue weighted by Gasteiger charge is 2.51. The average molecular weight is 753 g/mol. The molecule has 0 aromatic heterocycles. The molecule has 294 valence electrons. The number of fused-ring (bicyclic) bond motifs is 2. The van der Waals surface area contributed by atoms with Crippen LogP contribution in [0.25, 0.3) is 0 Å². The third-order valence-corrected chi connectivity index (χ3v) is 11.1. The molecule has 54 heavy (non-hydrogen) atoms. The van der Waals surface area contributed by atoms with E-state index < -0.39 is 89.6 Å². The van der Waals surface area contributed by atoms with Gasteiger partial charge < -0.3 is 35.4 Å². The van der Waals surface area contributed by atoms with Crippen LogP contribution in [0, 0.1) is 5.82 Å². The van der Waals surface area contributed by atoms with Gasteiger partial charge in [0.15, 0.2) is 0 Å². The zero-order valence-corrected chi connectivity index (χ0v) is 31.4. The number of unbranched alkanes of at least 4 members (excludes halogenated alkanes) is 2. The number of hydrogen-bond acceptors (Lipinski definition) is 8. The van der Waals surface area contributed by atoms with Crippen molar-refractivity contribution in [3.05, 3.63) is 47.8 Å². The Kier molecular flexibility index (Phi) is 13.5. The maximum Gasteiger partial charge on any atom is 0.328 e. The van der Waals surface area contributed by atoms with Gasteiger partial charge in [-0.05, 0) is 75.6 Å². The number of amides is 6. The number of likely N-dealkylation sites (N-methyl/N-ethyl adjacent to an activating group) is 1. The van der Waals surface area contributed by atoms with E-state index in [0.717, 1.165) is 12.8 Å². The van der Waals surface area contributed by atoms with Gasteiger partial charge in [0.1, 0.15) is 48.2 Å². The van der Waals surface area contributed by atoms with Crippen LogP contribution in [0.5, 0.6) is 0 Å². The fourth-order valence-electron chi connectivity index (χ4n) is 8.06. The highest BCUT2D eigenvalue weighted by atomic mass is 19.1. The van der Waals surface area contributed by atoms with Gasteiger partial charge in [-0.15, -0.1) is 0 Å². The first-order valence-corrected chi connectivity index (χ1v) is 19.2. The average Bonchev–Trinajstić information content (AvgIpc) is 3.95. The fourth-order valence-corrected chi connectivity index (χ4v) is 8.06. The molecular weight excluding hydrogens is 699 g/mol. The molecule has 0 radical (unpaired) electrons. The van der Waals surface area contributed by atoms with Crippen molar-refractivity contribution in [2.75, 3.05) is 26.7 Å². The molecule has 3 aliphatic heterocycles. The second-order valence-corrected chi connectivity index (χ2v) is 14.8. The number of hydrogen-bond donors (Lipinski definition) is 3. The molecule has 15 heteroatoms. The number of allylic oxidation sites excluding steroid dienone is 1. The fraction of sp³-hybridized carbons (Fsp3) is 0.615. The third-order valence-electron chi connectivity index (χ3n) is 11.1. The maximum absolute atomic E-state index is 14.4. The monoisotopic (exact) mass is 752 g/mol. The molecule has 14 nitrogen and oxygen atoms in total. The summed E-state index contributed by atoms with van der Waals surface area (Å²) in [4.78, 5) is 101. The number of carbonyl (C=O) groups excluding carboxylic acids is 7. The van der Waals surface area contributed by atoms with Crippen LogP contribution >= 0.6 is 0 Å². The Balaban J connectivity index is 1.46. The van der Waals surface area contributed by atoms with Crippen molar-refractivity contribution < 1.29 is 42.7 Å². The normalized spacial score (nSPS) is 25.8. The van der Waals surface area contributed by atoms with Crippen molar-refractivity contribution in [2.45, 2.75) is 127 Å². The van der Waals surface area contributed by atoms with Crippen molar-refractivity contribution in [3.8, 4) is 0 Å². The van der Waals surface area contributed by atoms with Gasteiger partial charge in [-0.25, -0.2) is 9.18 Å². The van der Waals surface area contributed by atoms with E-state index >= 15 is 0 Å². The Labute approximate surface area is 315 Å². The summed E-state index contributed by atoms with van der Waals surface area (Å²) >= 11 is 0. The minimum absolute atomic E-state index is 0.115. The lowest BCUT2D eigenvalue weighted by Crippen LogP contribution is -2.64. The van der Waals surface area contributed by atoms with Gasteiger partial charge in [0, 0.05) is 26.6 Å². The lowest BCUT2D eigenvalue weighted by molar-refractivity contribution is -0.159. The van der Waals surface area contributed by atoms with Gasteiger partial charge >= 0.3 is 5.97 Å². The Morgan fingerprint density at radius 2 is 1.69 bits per heavy atom. The minimum Gasteiger partial charge on any atom is -0.461 e. The molecule has 4 fully saturated rings. The number of benzene rings is 1. The molecule has 6 amide bonds. The molecule has 1 aromatic carbocycles. The van der Waals surface area contributed by atoms with Gasteiger partial charge in [0.2, 0.25) is 35.4 Å². The van der Waals surface area contributed by atoms with E-state index in [2.05, 4.69) is 16.0 Å². The quantitative estimate of drug-likeness (QED) is 0.195. The van der Waals surface area contributed by atoms with Crippen molar-refractivity contribution in [1.29, 1.82) is 0 Å². The molecule has 4 aliphatic rings. The van der Waals surface area contributed by atoms with Crippen LogP contribution in [0.4, 0.5) is 4.39 Å². The molecule has 3 saturated heterocycles. The molecule has 0 unspecified atom stereocenters. The molecule has 5 rings (SSSR count). The lowest BCUT2D eigenvalue weighted by Gasteiger charge is -2.41. The van der Waals surface area contributed by atoms with Gasteiger partial charge in [0.05, 0.1) is 0 Å². The number of carbonyl (C=O) groups is 7. The zero-order chi connectivity index (χ0) is 39.0. The zero-order valence-electron chi connectivity index (χ0n) is 31.4. The summed E-state index contributed by atoms with van der Waals surface area (Å²) in [5.74, 6) is -4.71. The summed E-state index contributed by atoms with van der Waals surface area (Å²) in [7, 11) is 1.55. The standard InChI is InChI=1S/C39H53FN6O8/c1-4-5-6-7-17-32(47)42-28(23-26-13-10-14-27(40)22-26)33(48)43-29-24-54-37(52)31-16-12-21-46(31)34(49)25(2)41-38(53)39(18-8-9-19-39)44(3)36(51)30-15-11-20-45(30)35(29)50/h7,10,13-14,17,22,25,28-31H,4-6,8-9,11-12,15-16,18-21,23-24H2,1-3H3,(H,41,53)(H,42,47)(H,43,48)/b17-7+/t25-,28-,29-,30-,31-/m0/s1. The van der Waals surface area contributed by atoms with Crippen molar-refractivity contribution >= 4 is 41.4 Å². The Morgan fingerprint density at radius 3 is 2.37 bits per heavy atom. The lowest BCUT2D eigenvalue weighted by atomic mass is 9.92. The summed E-state index contributed by atoms with van der Waals surface area (Å²) in [6.07, 6.45) is 9.10. The van der Waals surface area contributed by atoms with Gasteiger partial charge in [-0.2, -0.15) is 0 Å². The van der Waals surface area contributed by atoms with Gasteiger partial charge in [0.25, 0.3) is 0 Å². The van der Waals surface area contributed by atoms with Gasteiger partial charge in [-0.1, -0.05) is 50.8 Å². The molecule has 0 bridgehead atoms. The van der Waals surface area contributed by atoms with Crippen molar-refractivity contribution in [2.24, 2.45) is 0 Å². The Hall–Kier alpha value is -4.82. The largest absolute Gasteiger partial charge is 0.461 e. The smallest absolute Gasteiger partial charge is 0.328 e. The summed E-state index contributed by atoms with van der Waals surface area (Å²) in [6, 6.07) is -0.0674. The summed E-state index contributed by atoms with van der Waals surface area (Å²) in [5, 5.41) is 8.16. The predicted octanol–water partition coefficient (Wildman–Crippen LogP) is 1.90. The number of ether oxygens (including phenoxy) is 1. The second-order valence-electron chi connectivity index (χ2n) is 14.8. The molecule has 1 spiro atoms. The number of halogens is 1. The van der Waals surface area contributed by atoms with Crippen LogP contribution in [0.15, 0.2) is 36.4 Å². The van der Waals surface area contributed by atoms with Crippen LogP contribution in [-0.4, -0.2) is 119 Å². The van der Waals surface area contributed by atoms with Crippen LogP contribution in [0.2, 0.25) is 0 Å². The summed E-state index contributed by atoms with van der Waals surface area (Å²) < 4.78 is 19.8. The van der Waals surface area contributed by atoms with Crippen LogP contribution in [-0.2, 0) is 44.7 Å². The minimum atomic E-state index is -1.48. The Bertz CT molecular complexity index is 1630. The third kappa shape index (κ3) is 9.09. The van der Waals surface area contributed by atoms with E-state index in [-0.39, 0.29) is 19.5 Å². The van der Waals surface area contributed by atoms with E-state index in [1.54, 1.807) is 26.1 Å². The highest BCUT2D eigenvalue weighted by Crippen LogP contribution is 2.37. The molecule has 1 aliphatic carbocycles. The van der Waals surface area contributed by atoms with E-state index in [4.69, 9.17) is 4.74 Å². The summed E-state index contributed by atoms with van der Waals surface area (Å²) in [6.45, 7) is 3.40. The molecule has 1 saturated carbocycles. The van der Waals surface area contributed by atoms with E-state index in [1.165, 1.54) is 39.0 Å². The molecule has 5 atom stereocenters. The molecule has 3 N–H and O–H groups in total. The van der Waals surface area contributed by atoms with E-state index in [0.29, 0.717) is 63.4 Å². The number of rotatable bonds is 9. The molecule has 1 aromatic rings. The van der Waals surface area contributed by atoms with Crippen LogP contribution in [0.1, 0.15) is 90.0 Å². The Morgan fingerprint density at radius 1 is 1.00 bits per heavy atom. The highest BCUT2D eigenvalue weighted by molar-refractivity contribution is 5.99. The number of cyclic esters (lactones) is 1. The topological polar surface area (TPSA) is 175 Å². The first-order chi connectivity index (χ1) is 25.9. The number of nitrogens with zero attached hydrogens (tertiary/aromatic N) is 3. The number of nitrogens with one attached hydrogen (secondary N) is 3. The van der Waals surface area contributed by atoms with Crippen LogP contribution < -0.4 is 16.0 Å². The molecule has 3 heterocycles. The second kappa shape index (κ2) is 18.0. The van der Waals surface area contributed by atoms with E-state index in [9.17, 15) is 38.0 Å². The predicted molar refractivity (Wildman–Crippen MR) is 195 cm³/mol. The van der Waals surface area contributed by atoms with Crippen molar-refractivity contribution in [1.82, 2.24) is 30.7 Å². The van der Waals surface area contributed by atoms with E-state index in [1.807, 2.05) is 6.92 Å². The number of esters is 1. The first-order valence-electron chi connectivity index (χ1n) is 19.2. The van der Waals surface area contributed by atoms with Crippen molar-refractivity contribution in [3.63, 3.8) is 0 Å². The maximum atomic E-state index is 14.4.